The maximum atomic E-state index is 13.0. The van der Waals surface area contributed by atoms with E-state index in [4.69, 9.17) is 4.08 Å². The van der Waals surface area contributed by atoms with E-state index in [1.54, 1.807) is 0 Å². The summed E-state index contributed by atoms with van der Waals surface area (Å²) >= 11 is -0.204. The Bertz CT molecular complexity index is 1180. The van der Waals surface area contributed by atoms with Crippen LogP contribution in [0.4, 0.5) is 0 Å². The first kappa shape index (κ1) is 25.6. The predicted octanol–water partition coefficient (Wildman–Crippen LogP) is 1.65. The Labute approximate surface area is 220 Å². The molecule has 0 amide bonds. The van der Waals surface area contributed by atoms with Gasteiger partial charge >= 0.3 is 222 Å². The summed E-state index contributed by atoms with van der Waals surface area (Å²) in [5, 5.41) is 2.31. The van der Waals surface area contributed by atoms with E-state index in [1.807, 2.05) is 109 Å². The van der Waals surface area contributed by atoms with Crippen LogP contribution in [0.25, 0.3) is 0 Å². The Balaban J connectivity index is 2.01. The second-order valence-corrected chi connectivity index (χ2v) is 18.6. The van der Waals surface area contributed by atoms with Crippen molar-refractivity contribution in [1.82, 2.24) is 0 Å². The fraction of sp³-hybridized carbons (Fsp3) is 0.172. The van der Waals surface area contributed by atoms with Gasteiger partial charge in [-0.25, -0.2) is 0 Å². The summed E-state index contributed by atoms with van der Waals surface area (Å²) in [6, 6.07) is 39.2. The van der Waals surface area contributed by atoms with Crippen LogP contribution in [0.5, 0.6) is 0 Å². The minimum atomic E-state index is -4.79. The Morgan fingerprint density at radius 2 is 0.944 bits per heavy atom. The number of hydrogen-bond donors (Lipinski definition) is 0. The Hall–Kier alpha value is -2.04. The van der Waals surface area contributed by atoms with E-state index < -0.39 is 21.1 Å². The monoisotopic (exact) mass is 586 g/mol. The number of halogens is 1. The molecule has 0 N–H and O–H groups in total. The molecule has 0 aliphatic heterocycles. The maximum absolute atomic E-state index is 13.0. The first-order valence-corrected chi connectivity index (χ1v) is 17.1. The zero-order valence-corrected chi connectivity index (χ0v) is 23.1. The van der Waals surface area contributed by atoms with Gasteiger partial charge < -0.3 is 0 Å². The molecule has 36 heavy (non-hydrogen) atoms. The van der Waals surface area contributed by atoms with Crippen LogP contribution < -0.4 is 34.4 Å². The van der Waals surface area contributed by atoms with Crippen LogP contribution >= 0.6 is 6.83 Å². The van der Waals surface area contributed by atoms with Gasteiger partial charge in [0, 0.05) is 0 Å². The second-order valence-electron chi connectivity index (χ2n) is 9.06. The normalized spacial score (nSPS) is 16.8. The van der Waals surface area contributed by atoms with Crippen molar-refractivity contribution in [1.29, 1.82) is 0 Å². The van der Waals surface area contributed by atoms with Crippen molar-refractivity contribution >= 4 is 42.2 Å². The quantitative estimate of drug-likeness (QED) is 0.233. The topological polar surface area (TPSA) is 78.4 Å². The summed E-state index contributed by atoms with van der Waals surface area (Å²) in [7, 11) is -4.79. The molecule has 7 heteroatoms. The molecular weight excluding hydrogens is 558 g/mol. The molecule has 4 nitrogen and oxygen atoms in total. The van der Waals surface area contributed by atoms with Gasteiger partial charge in [0.05, 0.1) is 0 Å². The first-order chi connectivity index (χ1) is 17.4. The summed E-state index contributed by atoms with van der Waals surface area (Å²) in [4.78, 5) is 0. The summed E-state index contributed by atoms with van der Waals surface area (Å²) in [5.41, 5.74) is 0. The Morgan fingerprint density at radius 3 is 1.31 bits per heavy atom. The van der Waals surface area contributed by atoms with Crippen molar-refractivity contribution in [3.05, 3.63) is 121 Å². The molecule has 0 aromatic heterocycles. The van der Waals surface area contributed by atoms with Crippen molar-refractivity contribution in [2.75, 3.05) is 0 Å². The SMILES string of the molecule is [O-][Cl+3]([O-])([O-])OP(c1ccccc1)(c1ccccc1)(c1ccccc1)C1([Se]c2ccccc2)CCCC1. The van der Waals surface area contributed by atoms with Crippen molar-refractivity contribution < 1.29 is 28.3 Å². The van der Waals surface area contributed by atoms with Crippen molar-refractivity contribution in [2.45, 2.75) is 29.7 Å². The second kappa shape index (κ2) is 10.0. The van der Waals surface area contributed by atoms with Gasteiger partial charge in [-0.3, -0.25) is 0 Å². The molecule has 0 unspecified atom stereocenters. The minimum absolute atomic E-state index is 0.204. The average molecular weight is 586 g/mol. The standard InChI is InChI=1S/C29H28ClO4PSe/c31-30(32,33)34-35(25-15-5-1-6-16-25,26-17-7-2-8-18-26,27-19-9-3-10-20-27)29(23-13-14-24-29)36-28-21-11-4-12-22-28/h1-12,15-22H,13-14,23-24H2. The first-order valence-electron chi connectivity index (χ1n) is 12.0. The van der Waals surface area contributed by atoms with Crippen LogP contribution in [0.15, 0.2) is 121 Å². The molecule has 5 rings (SSSR count). The summed E-state index contributed by atoms with van der Waals surface area (Å²) in [6.07, 6.45) is 3.42. The van der Waals surface area contributed by atoms with Gasteiger partial charge in [0.25, 0.3) is 0 Å². The predicted molar refractivity (Wildman–Crippen MR) is 139 cm³/mol. The number of rotatable bonds is 8. The zero-order chi connectivity index (χ0) is 25.1. The Morgan fingerprint density at radius 1 is 0.583 bits per heavy atom. The van der Waals surface area contributed by atoms with E-state index in [-0.39, 0.29) is 15.0 Å². The number of benzene rings is 4. The van der Waals surface area contributed by atoms with Gasteiger partial charge in [-0.1, -0.05) is 0 Å². The molecule has 186 valence electrons. The molecule has 4 aromatic rings. The molecule has 0 bridgehead atoms. The molecule has 0 saturated heterocycles. The molecule has 0 atom stereocenters. The summed E-state index contributed by atoms with van der Waals surface area (Å²) in [6.45, 7) is -4.44. The molecule has 0 spiro atoms. The zero-order valence-electron chi connectivity index (χ0n) is 19.7. The summed E-state index contributed by atoms with van der Waals surface area (Å²) < 4.78 is 45.8. The molecule has 0 radical (unpaired) electrons. The van der Waals surface area contributed by atoms with Crippen LogP contribution in [0.2, 0.25) is 0 Å². The van der Waals surface area contributed by atoms with Crippen LogP contribution in [0.1, 0.15) is 25.7 Å². The molecule has 0 heterocycles. The molecule has 4 aromatic carbocycles. The van der Waals surface area contributed by atoms with Crippen molar-refractivity contribution in [3.63, 3.8) is 0 Å². The van der Waals surface area contributed by atoms with Crippen molar-refractivity contribution in [2.24, 2.45) is 0 Å². The molecule has 1 aliphatic rings. The molecular formula is C29H28ClO4PSe. The van der Waals surface area contributed by atoms with E-state index >= 15 is 0 Å². The fourth-order valence-corrected chi connectivity index (χ4v) is 21.3. The average Bonchev–Trinajstić information content (AvgIpc) is 3.39. The van der Waals surface area contributed by atoms with Gasteiger partial charge in [-0.05, 0) is 0 Å². The third kappa shape index (κ3) is 4.05. The van der Waals surface area contributed by atoms with Gasteiger partial charge in [0.15, 0.2) is 0 Å². The van der Waals surface area contributed by atoms with E-state index in [1.165, 1.54) is 0 Å². The van der Waals surface area contributed by atoms with Crippen molar-refractivity contribution in [3.8, 4) is 0 Å². The van der Waals surface area contributed by atoms with E-state index in [9.17, 15) is 14.0 Å². The van der Waals surface area contributed by atoms with Crippen LogP contribution in [0, 0.1) is 10.2 Å². The fourth-order valence-electron chi connectivity index (χ4n) is 5.89. The van der Waals surface area contributed by atoms with E-state index in [0.29, 0.717) is 0 Å². The molecule has 1 saturated carbocycles. The summed E-state index contributed by atoms with van der Waals surface area (Å²) in [5.74, 6) is 0. The molecule has 1 aliphatic carbocycles. The third-order valence-electron chi connectivity index (χ3n) is 7.18. The third-order valence-corrected chi connectivity index (χ3v) is 20.2. The molecule has 1 fully saturated rings. The van der Waals surface area contributed by atoms with E-state index in [0.717, 1.165) is 46.1 Å². The van der Waals surface area contributed by atoms with Crippen LogP contribution in [-0.2, 0) is 4.08 Å². The van der Waals surface area contributed by atoms with Crippen LogP contribution in [-0.4, -0.2) is 19.0 Å². The number of hydrogen-bond acceptors (Lipinski definition) is 4. The van der Waals surface area contributed by atoms with Gasteiger partial charge in [-0.15, -0.1) is 0 Å². The Kier molecular flexibility index (Phi) is 7.13. The van der Waals surface area contributed by atoms with Gasteiger partial charge in [0.2, 0.25) is 0 Å². The van der Waals surface area contributed by atoms with Crippen LogP contribution in [0.3, 0.4) is 0 Å². The van der Waals surface area contributed by atoms with E-state index in [2.05, 4.69) is 12.1 Å². The van der Waals surface area contributed by atoms with Gasteiger partial charge in [-0.2, -0.15) is 0 Å². The van der Waals surface area contributed by atoms with Gasteiger partial charge in [0.1, 0.15) is 0 Å².